The van der Waals surface area contributed by atoms with E-state index >= 15 is 0 Å². The number of anilines is 4. The molecular formula is C19H24N6O4. The van der Waals surface area contributed by atoms with Crippen molar-refractivity contribution in [1.82, 2.24) is 9.97 Å². The van der Waals surface area contributed by atoms with Gasteiger partial charge in [0.2, 0.25) is 18.1 Å². The first-order valence-corrected chi connectivity index (χ1v) is 8.83. The number of fused-ring (bicyclic) bond motifs is 1. The lowest BCUT2D eigenvalue weighted by Crippen LogP contribution is -2.28. The molecule has 0 spiro atoms. The number of hydrogen-bond donors (Lipinski definition) is 3. The van der Waals surface area contributed by atoms with Crippen molar-refractivity contribution in [2.75, 3.05) is 49.6 Å². The van der Waals surface area contributed by atoms with Crippen LogP contribution in [0.5, 0.6) is 17.2 Å². The number of amides is 1. The van der Waals surface area contributed by atoms with Gasteiger partial charge in [0, 0.05) is 36.4 Å². The monoisotopic (exact) mass is 400 g/mol. The minimum atomic E-state index is -0.115. The second-order valence-electron chi connectivity index (χ2n) is 6.43. The van der Waals surface area contributed by atoms with Crippen LogP contribution in [0.25, 0.3) is 0 Å². The van der Waals surface area contributed by atoms with E-state index in [1.54, 1.807) is 18.3 Å². The minimum absolute atomic E-state index is 0.102. The van der Waals surface area contributed by atoms with Crippen molar-refractivity contribution >= 4 is 29.7 Å². The molecule has 1 aromatic heterocycles. The lowest BCUT2D eigenvalue weighted by molar-refractivity contribution is -0.107. The average Bonchev–Trinajstić information content (AvgIpc) is 2.71. The van der Waals surface area contributed by atoms with E-state index in [9.17, 15) is 4.79 Å². The molecule has 2 heterocycles. The van der Waals surface area contributed by atoms with Crippen molar-refractivity contribution in [2.45, 2.75) is 12.8 Å². The van der Waals surface area contributed by atoms with E-state index in [0.717, 1.165) is 17.5 Å². The Hall–Kier alpha value is -3.69. The standard InChI is InChI=1S/C19H24N6O4/c1-10-11(7-22-18-15(10)17(20)23-19(21)24-18)8-25(9-26)12-5-13(27-2)16(29-4)14(6-12)28-3/h5-7,9-10H,8H2,1-4H3,(H5,20,21,22,23,24). The number of nitrogens with two attached hydrogens (primary N) is 2. The maximum Gasteiger partial charge on any atom is 0.223 e. The zero-order chi connectivity index (χ0) is 21.1. The molecule has 0 saturated heterocycles. The smallest absolute Gasteiger partial charge is 0.223 e. The number of hydrogen-bond acceptors (Lipinski definition) is 9. The van der Waals surface area contributed by atoms with Crippen LogP contribution in [0.15, 0.2) is 23.9 Å². The van der Waals surface area contributed by atoms with Gasteiger partial charge in [-0.3, -0.25) is 4.79 Å². The average molecular weight is 400 g/mol. The van der Waals surface area contributed by atoms with Crippen LogP contribution in [0, 0.1) is 0 Å². The number of rotatable bonds is 7. The number of carbonyl (C=O) groups excluding carboxylic acids is 1. The van der Waals surface area contributed by atoms with E-state index in [1.165, 1.54) is 26.2 Å². The predicted octanol–water partition coefficient (Wildman–Crippen LogP) is 1.74. The number of aromatic nitrogens is 2. The van der Waals surface area contributed by atoms with Crippen LogP contribution in [0.2, 0.25) is 0 Å². The van der Waals surface area contributed by atoms with Gasteiger partial charge in [0.15, 0.2) is 11.5 Å². The molecule has 0 fully saturated rings. The topological polar surface area (TPSA) is 138 Å². The third kappa shape index (κ3) is 3.68. The Morgan fingerprint density at radius 3 is 2.34 bits per heavy atom. The van der Waals surface area contributed by atoms with Crippen molar-refractivity contribution in [3.63, 3.8) is 0 Å². The van der Waals surface area contributed by atoms with Crippen LogP contribution >= 0.6 is 0 Å². The molecule has 29 heavy (non-hydrogen) atoms. The van der Waals surface area contributed by atoms with E-state index < -0.39 is 0 Å². The maximum absolute atomic E-state index is 11.9. The normalized spacial score (nSPS) is 14.9. The lowest BCUT2D eigenvalue weighted by Gasteiger charge is -2.28. The van der Waals surface area contributed by atoms with Gasteiger partial charge in [0.1, 0.15) is 11.6 Å². The summed E-state index contributed by atoms with van der Waals surface area (Å²) < 4.78 is 16.1. The fourth-order valence-electron chi connectivity index (χ4n) is 3.31. The predicted molar refractivity (Wildman–Crippen MR) is 110 cm³/mol. The molecule has 5 N–H and O–H groups in total. The van der Waals surface area contributed by atoms with Crippen LogP contribution in [0.4, 0.5) is 23.3 Å². The third-order valence-electron chi connectivity index (χ3n) is 4.84. The number of methoxy groups -OCH3 is 3. The highest BCUT2D eigenvalue weighted by Gasteiger charge is 2.26. The number of nitrogen functional groups attached to an aromatic ring is 2. The Morgan fingerprint density at radius 2 is 1.79 bits per heavy atom. The number of carbonyl (C=O) groups is 1. The van der Waals surface area contributed by atoms with Crippen LogP contribution in [-0.4, -0.2) is 44.3 Å². The highest BCUT2D eigenvalue weighted by Crippen LogP contribution is 2.42. The van der Waals surface area contributed by atoms with E-state index in [4.69, 9.17) is 25.7 Å². The molecule has 0 bridgehead atoms. The molecule has 10 heteroatoms. The number of benzene rings is 1. The maximum atomic E-state index is 11.9. The van der Waals surface area contributed by atoms with E-state index in [-0.39, 0.29) is 11.9 Å². The van der Waals surface area contributed by atoms with Gasteiger partial charge in [0.25, 0.3) is 0 Å². The molecule has 0 radical (unpaired) electrons. The van der Waals surface area contributed by atoms with Crippen molar-refractivity contribution in [2.24, 2.45) is 0 Å². The molecule has 1 atom stereocenters. The Bertz CT molecular complexity index is 937. The van der Waals surface area contributed by atoms with Crippen LogP contribution in [-0.2, 0) is 4.79 Å². The molecule has 3 rings (SSSR count). The van der Waals surface area contributed by atoms with Crippen molar-refractivity contribution in [1.29, 1.82) is 0 Å². The van der Waals surface area contributed by atoms with Gasteiger partial charge in [-0.1, -0.05) is 6.92 Å². The Morgan fingerprint density at radius 1 is 1.14 bits per heavy atom. The van der Waals surface area contributed by atoms with Crippen molar-refractivity contribution in [3.05, 3.63) is 29.5 Å². The molecular weight excluding hydrogens is 376 g/mol. The Kier molecular flexibility index (Phi) is 5.62. The summed E-state index contributed by atoms with van der Waals surface area (Å²) in [6, 6.07) is 3.42. The minimum Gasteiger partial charge on any atom is -0.493 e. The van der Waals surface area contributed by atoms with Crippen molar-refractivity contribution < 1.29 is 19.0 Å². The molecule has 1 aliphatic rings. The SMILES string of the molecule is COc1cc(N(C=O)CC2=CNc3nc(N)nc(N)c3C2C)cc(OC)c1OC. The molecule has 1 aromatic carbocycles. The van der Waals surface area contributed by atoms with Gasteiger partial charge in [-0.25, -0.2) is 0 Å². The van der Waals surface area contributed by atoms with Crippen LogP contribution < -0.4 is 35.9 Å². The van der Waals surface area contributed by atoms with E-state index in [0.29, 0.717) is 41.1 Å². The molecule has 0 aliphatic carbocycles. The van der Waals surface area contributed by atoms with Gasteiger partial charge < -0.3 is 35.9 Å². The fraction of sp³-hybridized carbons (Fsp3) is 0.316. The summed E-state index contributed by atoms with van der Waals surface area (Å²) in [5.41, 5.74) is 14.0. The summed E-state index contributed by atoms with van der Waals surface area (Å²) in [5.74, 6) is 2.22. The fourth-order valence-corrected chi connectivity index (χ4v) is 3.31. The Balaban J connectivity index is 1.93. The molecule has 2 aromatic rings. The van der Waals surface area contributed by atoms with E-state index in [1.807, 2.05) is 6.92 Å². The van der Waals surface area contributed by atoms with Gasteiger partial charge in [0.05, 0.1) is 27.0 Å². The summed E-state index contributed by atoms with van der Waals surface area (Å²) in [6.45, 7) is 2.28. The molecule has 1 amide bonds. The zero-order valence-corrected chi connectivity index (χ0v) is 16.7. The molecule has 154 valence electrons. The highest BCUT2D eigenvalue weighted by molar-refractivity contribution is 5.79. The Labute approximate surface area is 168 Å². The van der Waals surface area contributed by atoms with Crippen LogP contribution in [0.3, 0.4) is 0 Å². The largest absolute Gasteiger partial charge is 0.493 e. The second kappa shape index (κ2) is 8.13. The van der Waals surface area contributed by atoms with Gasteiger partial charge in [-0.15, -0.1) is 0 Å². The summed E-state index contributed by atoms with van der Waals surface area (Å²) in [4.78, 5) is 21.7. The molecule has 1 unspecified atom stereocenters. The van der Waals surface area contributed by atoms with Gasteiger partial charge in [-0.2, -0.15) is 9.97 Å². The van der Waals surface area contributed by atoms with Crippen LogP contribution in [0.1, 0.15) is 18.4 Å². The third-order valence-corrected chi connectivity index (χ3v) is 4.84. The van der Waals surface area contributed by atoms with Gasteiger partial charge in [-0.05, 0) is 5.57 Å². The quantitative estimate of drug-likeness (QED) is 0.593. The number of ether oxygens (including phenoxy) is 3. The molecule has 1 aliphatic heterocycles. The highest BCUT2D eigenvalue weighted by atomic mass is 16.5. The van der Waals surface area contributed by atoms with Gasteiger partial charge >= 0.3 is 0 Å². The second-order valence-corrected chi connectivity index (χ2v) is 6.43. The first-order valence-electron chi connectivity index (χ1n) is 8.83. The number of nitrogens with one attached hydrogen (secondary N) is 1. The number of nitrogens with zero attached hydrogens (tertiary/aromatic N) is 3. The summed E-state index contributed by atoms with van der Waals surface area (Å²) in [6.07, 6.45) is 2.54. The molecule has 0 saturated carbocycles. The zero-order valence-electron chi connectivity index (χ0n) is 16.7. The summed E-state index contributed by atoms with van der Waals surface area (Å²) >= 11 is 0. The first kappa shape index (κ1) is 20.1. The van der Waals surface area contributed by atoms with Crippen molar-refractivity contribution in [3.8, 4) is 17.2 Å². The summed E-state index contributed by atoms with van der Waals surface area (Å²) in [5, 5.41) is 3.08. The molecule has 10 nitrogen and oxygen atoms in total. The van der Waals surface area contributed by atoms with E-state index in [2.05, 4.69) is 15.3 Å². The first-order chi connectivity index (χ1) is 13.9. The summed E-state index contributed by atoms with van der Waals surface area (Å²) in [7, 11) is 4.56. The lowest BCUT2D eigenvalue weighted by atomic mass is 9.91.